The highest BCUT2D eigenvalue weighted by molar-refractivity contribution is 4.73. The van der Waals surface area contributed by atoms with Crippen LogP contribution in [-0.2, 0) is 4.74 Å². The molecule has 0 aromatic rings. The summed E-state index contributed by atoms with van der Waals surface area (Å²) < 4.78 is 40.1. The molecule has 0 spiro atoms. The van der Waals surface area contributed by atoms with Crippen molar-refractivity contribution in [1.82, 2.24) is 10.2 Å². The van der Waals surface area contributed by atoms with E-state index >= 15 is 0 Å². The largest absolute Gasteiger partial charge is 0.411 e. The fourth-order valence-corrected chi connectivity index (χ4v) is 1.93. The number of nitrogens with zero attached hydrogens (tertiary/aromatic N) is 1. The molecule has 1 aliphatic heterocycles. The summed E-state index contributed by atoms with van der Waals surface area (Å²) >= 11 is 0. The lowest BCUT2D eigenvalue weighted by Crippen LogP contribution is -2.32. The third-order valence-corrected chi connectivity index (χ3v) is 2.97. The first-order chi connectivity index (χ1) is 8.01. The summed E-state index contributed by atoms with van der Waals surface area (Å²) in [5.41, 5.74) is 0. The molecule has 1 atom stereocenters. The maximum absolute atomic E-state index is 11.8. The monoisotopic (exact) mass is 254 g/mol. The highest BCUT2D eigenvalue weighted by Crippen LogP contribution is 2.14. The Kier molecular flexibility index (Phi) is 6.22. The fraction of sp³-hybridized carbons (Fsp3) is 1.00. The van der Waals surface area contributed by atoms with E-state index in [0.29, 0.717) is 12.6 Å². The van der Waals surface area contributed by atoms with Crippen LogP contribution in [0.4, 0.5) is 13.2 Å². The summed E-state index contributed by atoms with van der Waals surface area (Å²) in [7, 11) is 0. The summed E-state index contributed by atoms with van der Waals surface area (Å²) in [6.07, 6.45) is -2.07. The van der Waals surface area contributed by atoms with E-state index in [9.17, 15) is 13.2 Å². The zero-order valence-corrected chi connectivity index (χ0v) is 10.2. The number of hydrogen-bond acceptors (Lipinski definition) is 3. The fourth-order valence-electron chi connectivity index (χ4n) is 1.93. The molecule has 17 heavy (non-hydrogen) atoms. The Balaban J connectivity index is 2.11. The van der Waals surface area contributed by atoms with Crippen LogP contribution in [-0.4, -0.2) is 56.5 Å². The summed E-state index contributed by atoms with van der Waals surface area (Å²) in [4.78, 5) is 2.15. The lowest BCUT2D eigenvalue weighted by atomic mass is 10.1. The molecule has 1 unspecified atom stereocenters. The van der Waals surface area contributed by atoms with E-state index in [1.54, 1.807) is 0 Å². The number of hydrogen-bond donors (Lipinski definition) is 1. The van der Waals surface area contributed by atoms with Gasteiger partial charge in [-0.15, -0.1) is 0 Å². The van der Waals surface area contributed by atoms with Crippen molar-refractivity contribution >= 4 is 0 Å². The smallest absolute Gasteiger partial charge is 0.371 e. The van der Waals surface area contributed by atoms with Gasteiger partial charge in [-0.2, -0.15) is 13.2 Å². The van der Waals surface area contributed by atoms with Crippen molar-refractivity contribution in [3.63, 3.8) is 0 Å². The molecule has 0 saturated carbocycles. The Morgan fingerprint density at radius 1 is 1.35 bits per heavy atom. The van der Waals surface area contributed by atoms with Crippen LogP contribution in [0.15, 0.2) is 0 Å². The van der Waals surface area contributed by atoms with Crippen molar-refractivity contribution < 1.29 is 17.9 Å². The molecule has 1 heterocycles. The molecule has 1 aliphatic rings. The maximum atomic E-state index is 11.8. The summed E-state index contributed by atoms with van der Waals surface area (Å²) in [5, 5.41) is 3.41. The van der Waals surface area contributed by atoms with Gasteiger partial charge in [-0.3, -0.25) is 4.90 Å². The van der Waals surface area contributed by atoms with Crippen LogP contribution in [0, 0.1) is 0 Å². The predicted octanol–water partition coefficient (Wildman–Crippen LogP) is 1.64. The van der Waals surface area contributed by atoms with E-state index in [1.807, 2.05) is 0 Å². The molecule has 0 amide bonds. The zero-order valence-electron chi connectivity index (χ0n) is 10.2. The molecule has 0 aromatic carbocycles. The van der Waals surface area contributed by atoms with Crippen molar-refractivity contribution in [2.45, 2.75) is 32.0 Å². The molecular weight excluding hydrogens is 233 g/mol. The van der Waals surface area contributed by atoms with E-state index in [2.05, 4.69) is 21.9 Å². The Bertz CT molecular complexity index is 211. The number of ether oxygens (including phenoxy) is 1. The lowest BCUT2D eigenvalue weighted by Gasteiger charge is -2.19. The molecule has 6 heteroatoms. The molecule has 1 fully saturated rings. The molecule has 1 N–H and O–H groups in total. The highest BCUT2D eigenvalue weighted by Gasteiger charge is 2.27. The zero-order chi connectivity index (χ0) is 12.7. The van der Waals surface area contributed by atoms with E-state index in [1.165, 1.54) is 0 Å². The van der Waals surface area contributed by atoms with Gasteiger partial charge in [0.05, 0.1) is 6.61 Å². The van der Waals surface area contributed by atoms with Crippen LogP contribution in [0.2, 0.25) is 0 Å². The molecular formula is C11H21F3N2O. The molecule has 1 saturated heterocycles. The predicted molar refractivity (Wildman–Crippen MR) is 60.0 cm³/mol. The summed E-state index contributed by atoms with van der Waals surface area (Å²) in [6.45, 7) is 4.44. The van der Waals surface area contributed by atoms with Crippen LogP contribution in [0.1, 0.15) is 19.8 Å². The minimum atomic E-state index is -4.21. The van der Waals surface area contributed by atoms with E-state index in [0.717, 1.165) is 32.5 Å². The second kappa shape index (κ2) is 7.18. The Morgan fingerprint density at radius 3 is 2.76 bits per heavy atom. The van der Waals surface area contributed by atoms with Crippen LogP contribution >= 0.6 is 0 Å². The first kappa shape index (κ1) is 14.7. The average molecular weight is 254 g/mol. The normalized spacial score (nSPS) is 23.6. The van der Waals surface area contributed by atoms with Gasteiger partial charge in [-0.05, 0) is 19.4 Å². The Morgan fingerprint density at radius 2 is 2.12 bits per heavy atom. The first-order valence-electron chi connectivity index (χ1n) is 6.11. The van der Waals surface area contributed by atoms with Gasteiger partial charge in [0, 0.05) is 25.7 Å². The van der Waals surface area contributed by atoms with Crippen LogP contribution < -0.4 is 5.32 Å². The second-order valence-corrected chi connectivity index (χ2v) is 4.36. The standard InChI is InChI=1S/C11H21F3N2O/c1-2-10-3-5-16(6-4-15-10)7-8-17-9-11(12,13)14/h10,15H,2-9H2,1H3. The lowest BCUT2D eigenvalue weighted by molar-refractivity contribution is -0.174. The summed E-state index contributed by atoms with van der Waals surface area (Å²) in [6, 6.07) is 0.538. The van der Waals surface area contributed by atoms with Gasteiger partial charge in [-0.1, -0.05) is 6.92 Å². The van der Waals surface area contributed by atoms with E-state index in [4.69, 9.17) is 0 Å². The van der Waals surface area contributed by atoms with Crippen molar-refractivity contribution in [3.8, 4) is 0 Å². The van der Waals surface area contributed by atoms with E-state index < -0.39 is 12.8 Å². The molecule has 1 rings (SSSR count). The number of halogens is 3. The van der Waals surface area contributed by atoms with Crippen LogP contribution in [0.5, 0.6) is 0 Å². The van der Waals surface area contributed by atoms with Gasteiger partial charge in [-0.25, -0.2) is 0 Å². The van der Waals surface area contributed by atoms with Crippen molar-refractivity contribution in [3.05, 3.63) is 0 Å². The Labute approximate surface area is 100 Å². The van der Waals surface area contributed by atoms with E-state index in [-0.39, 0.29) is 6.61 Å². The number of nitrogens with one attached hydrogen (secondary N) is 1. The van der Waals surface area contributed by atoms with Crippen molar-refractivity contribution in [2.75, 3.05) is 39.4 Å². The third-order valence-electron chi connectivity index (χ3n) is 2.97. The third kappa shape index (κ3) is 6.85. The average Bonchev–Trinajstić information content (AvgIpc) is 2.48. The summed E-state index contributed by atoms with van der Waals surface area (Å²) in [5.74, 6) is 0. The van der Waals surface area contributed by atoms with Gasteiger partial charge >= 0.3 is 6.18 Å². The minimum absolute atomic E-state index is 0.149. The quantitative estimate of drug-likeness (QED) is 0.755. The SMILES string of the molecule is CCC1CCN(CCOCC(F)(F)F)CCN1. The maximum Gasteiger partial charge on any atom is 0.411 e. The molecule has 0 radical (unpaired) electrons. The number of alkyl halides is 3. The van der Waals surface area contributed by atoms with Crippen molar-refractivity contribution in [2.24, 2.45) is 0 Å². The van der Waals surface area contributed by atoms with Crippen LogP contribution in [0.25, 0.3) is 0 Å². The molecule has 0 aromatic heterocycles. The van der Waals surface area contributed by atoms with Gasteiger partial charge < -0.3 is 10.1 Å². The minimum Gasteiger partial charge on any atom is -0.371 e. The second-order valence-electron chi connectivity index (χ2n) is 4.36. The number of rotatable bonds is 5. The van der Waals surface area contributed by atoms with Gasteiger partial charge in [0.25, 0.3) is 0 Å². The van der Waals surface area contributed by atoms with Gasteiger partial charge in [0.1, 0.15) is 6.61 Å². The molecule has 102 valence electrons. The van der Waals surface area contributed by atoms with Gasteiger partial charge in [0.2, 0.25) is 0 Å². The molecule has 0 bridgehead atoms. The van der Waals surface area contributed by atoms with Crippen LogP contribution in [0.3, 0.4) is 0 Å². The Hall–Kier alpha value is -0.330. The first-order valence-corrected chi connectivity index (χ1v) is 6.11. The topological polar surface area (TPSA) is 24.5 Å². The molecule has 3 nitrogen and oxygen atoms in total. The van der Waals surface area contributed by atoms with Crippen molar-refractivity contribution in [1.29, 1.82) is 0 Å². The van der Waals surface area contributed by atoms with Gasteiger partial charge in [0.15, 0.2) is 0 Å². The highest BCUT2D eigenvalue weighted by atomic mass is 19.4. The molecule has 0 aliphatic carbocycles.